The number of phenolic OH excluding ortho intramolecular Hbond substituents is 1. The van der Waals surface area contributed by atoms with E-state index in [-0.39, 0.29) is 11.7 Å². The molecule has 0 aromatic heterocycles. The molecule has 0 fully saturated rings. The molecule has 0 unspecified atom stereocenters. The van der Waals surface area contributed by atoms with Gasteiger partial charge in [-0.25, -0.2) is 0 Å². The van der Waals surface area contributed by atoms with E-state index in [4.69, 9.17) is 5.11 Å². The predicted octanol–water partition coefficient (Wildman–Crippen LogP) is 1.72. The maximum absolute atomic E-state index is 11.5. The number of phenols is 1. The molecule has 1 aromatic carbocycles. The lowest BCUT2D eigenvalue weighted by Crippen LogP contribution is -2.27. The molecule has 0 aliphatic heterocycles. The van der Waals surface area contributed by atoms with Crippen molar-refractivity contribution in [2.24, 2.45) is 0 Å². The number of carbonyl (C=O) groups is 1. The van der Waals surface area contributed by atoms with Gasteiger partial charge < -0.3 is 15.7 Å². The molecule has 3 N–H and O–H groups in total. The Bertz CT molecular complexity index is 333. The molecule has 0 radical (unpaired) electrons. The summed E-state index contributed by atoms with van der Waals surface area (Å²) in [4.78, 5) is 11.5. The lowest BCUT2D eigenvalue weighted by Gasteiger charge is -2.08. The van der Waals surface area contributed by atoms with E-state index in [9.17, 15) is 4.79 Å². The highest BCUT2D eigenvalue weighted by Crippen LogP contribution is 2.13. The van der Waals surface area contributed by atoms with Crippen LogP contribution in [-0.2, 0) is 4.79 Å². The topological polar surface area (TPSA) is 61.4 Å². The van der Waals surface area contributed by atoms with Crippen molar-refractivity contribution in [3.8, 4) is 5.75 Å². The number of amides is 1. The van der Waals surface area contributed by atoms with Crippen LogP contribution < -0.4 is 10.6 Å². The van der Waals surface area contributed by atoms with Crippen LogP contribution in [0.2, 0.25) is 0 Å². The summed E-state index contributed by atoms with van der Waals surface area (Å²) < 4.78 is 0. The summed E-state index contributed by atoms with van der Waals surface area (Å²) in [6.45, 7) is 4.75. The third-order valence-electron chi connectivity index (χ3n) is 2.06. The highest BCUT2D eigenvalue weighted by atomic mass is 16.3. The molecule has 1 amide bonds. The molecule has 0 saturated carbocycles. The molecule has 0 spiro atoms. The quantitative estimate of drug-likeness (QED) is 0.665. The molecule has 0 aliphatic rings. The normalized spacial score (nSPS) is 10.4. The molecule has 4 heteroatoms. The van der Waals surface area contributed by atoms with E-state index in [0.29, 0.717) is 24.7 Å². The minimum absolute atomic E-state index is 0.0289. The number of carbonyl (C=O) groups excluding carboxylic acids is 1. The second-order valence-corrected chi connectivity index (χ2v) is 3.95. The molecule has 88 valence electrons. The van der Waals surface area contributed by atoms with Crippen molar-refractivity contribution in [2.75, 3.05) is 11.9 Å². The van der Waals surface area contributed by atoms with Crippen molar-refractivity contribution in [3.05, 3.63) is 24.3 Å². The molecule has 0 aliphatic carbocycles. The first-order valence-corrected chi connectivity index (χ1v) is 5.40. The van der Waals surface area contributed by atoms with Gasteiger partial charge in [0.05, 0.1) is 0 Å². The minimum atomic E-state index is -0.0289. The SMILES string of the molecule is CC(C)NCCC(=O)Nc1ccc(O)cc1. The van der Waals surface area contributed by atoms with Crippen molar-refractivity contribution < 1.29 is 9.90 Å². The highest BCUT2D eigenvalue weighted by Gasteiger charge is 2.02. The van der Waals surface area contributed by atoms with E-state index in [1.165, 1.54) is 0 Å². The second-order valence-electron chi connectivity index (χ2n) is 3.95. The molecule has 0 saturated heterocycles. The summed E-state index contributed by atoms with van der Waals surface area (Å²) in [5.41, 5.74) is 0.701. The van der Waals surface area contributed by atoms with Gasteiger partial charge in [0, 0.05) is 24.7 Å². The van der Waals surface area contributed by atoms with E-state index in [2.05, 4.69) is 10.6 Å². The van der Waals surface area contributed by atoms with Crippen LogP contribution >= 0.6 is 0 Å². The van der Waals surface area contributed by atoms with Gasteiger partial charge in [-0.1, -0.05) is 13.8 Å². The lowest BCUT2D eigenvalue weighted by atomic mass is 10.3. The van der Waals surface area contributed by atoms with Crippen LogP contribution in [0.5, 0.6) is 5.75 Å². The van der Waals surface area contributed by atoms with Crippen LogP contribution in [0.3, 0.4) is 0 Å². The third kappa shape index (κ3) is 4.79. The lowest BCUT2D eigenvalue weighted by molar-refractivity contribution is -0.116. The number of hydrogen-bond donors (Lipinski definition) is 3. The van der Waals surface area contributed by atoms with E-state index in [0.717, 1.165) is 0 Å². The fourth-order valence-corrected chi connectivity index (χ4v) is 1.24. The maximum atomic E-state index is 11.5. The summed E-state index contributed by atoms with van der Waals surface area (Å²) in [5, 5.41) is 15.0. The number of anilines is 1. The van der Waals surface area contributed by atoms with Crippen molar-refractivity contribution in [1.29, 1.82) is 0 Å². The van der Waals surface area contributed by atoms with Crippen LogP contribution in [-0.4, -0.2) is 23.6 Å². The first-order valence-electron chi connectivity index (χ1n) is 5.40. The number of aromatic hydroxyl groups is 1. The van der Waals surface area contributed by atoms with Gasteiger partial charge in [-0.15, -0.1) is 0 Å². The minimum Gasteiger partial charge on any atom is -0.508 e. The molecule has 0 heterocycles. The largest absolute Gasteiger partial charge is 0.508 e. The van der Waals surface area contributed by atoms with Gasteiger partial charge in [-0.05, 0) is 24.3 Å². The van der Waals surface area contributed by atoms with Gasteiger partial charge in [0.15, 0.2) is 0 Å². The Balaban J connectivity index is 2.31. The standard InChI is InChI=1S/C12H18N2O2/c1-9(2)13-8-7-12(16)14-10-3-5-11(15)6-4-10/h3-6,9,13,15H,7-8H2,1-2H3,(H,14,16). The van der Waals surface area contributed by atoms with E-state index < -0.39 is 0 Å². The van der Waals surface area contributed by atoms with Crippen molar-refractivity contribution in [2.45, 2.75) is 26.3 Å². The van der Waals surface area contributed by atoms with Crippen molar-refractivity contribution in [1.82, 2.24) is 5.32 Å². The maximum Gasteiger partial charge on any atom is 0.225 e. The molecule has 0 atom stereocenters. The highest BCUT2D eigenvalue weighted by molar-refractivity contribution is 5.90. The Morgan fingerprint density at radius 2 is 1.94 bits per heavy atom. The third-order valence-corrected chi connectivity index (χ3v) is 2.06. The Morgan fingerprint density at radius 3 is 2.50 bits per heavy atom. The van der Waals surface area contributed by atoms with Gasteiger partial charge >= 0.3 is 0 Å². The Morgan fingerprint density at radius 1 is 1.31 bits per heavy atom. The zero-order valence-electron chi connectivity index (χ0n) is 9.66. The van der Waals surface area contributed by atoms with Gasteiger partial charge in [0.25, 0.3) is 0 Å². The van der Waals surface area contributed by atoms with Crippen molar-refractivity contribution >= 4 is 11.6 Å². The van der Waals surface area contributed by atoms with Gasteiger partial charge in [0.2, 0.25) is 5.91 Å². The Hall–Kier alpha value is -1.55. The fourth-order valence-electron chi connectivity index (χ4n) is 1.24. The average molecular weight is 222 g/mol. The number of rotatable bonds is 5. The molecule has 1 rings (SSSR count). The molecule has 4 nitrogen and oxygen atoms in total. The van der Waals surface area contributed by atoms with Gasteiger partial charge in [0.1, 0.15) is 5.75 Å². The number of benzene rings is 1. The summed E-state index contributed by atoms with van der Waals surface area (Å²) in [7, 11) is 0. The number of nitrogens with one attached hydrogen (secondary N) is 2. The number of hydrogen-bond acceptors (Lipinski definition) is 3. The zero-order valence-corrected chi connectivity index (χ0v) is 9.66. The van der Waals surface area contributed by atoms with Crippen LogP contribution in [0.4, 0.5) is 5.69 Å². The van der Waals surface area contributed by atoms with Crippen LogP contribution in [0.1, 0.15) is 20.3 Å². The smallest absolute Gasteiger partial charge is 0.225 e. The van der Waals surface area contributed by atoms with Crippen LogP contribution in [0.15, 0.2) is 24.3 Å². The fraction of sp³-hybridized carbons (Fsp3) is 0.417. The molecular formula is C12H18N2O2. The predicted molar refractivity (Wildman–Crippen MR) is 64.5 cm³/mol. The second kappa shape index (κ2) is 6.12. The first kappa shape index (κ1) is 12.5. The summed E-state index contributed by atoms with van der Waals surface area (Å²) >= 11 is 0. The van der Waals surface area contributed by atoms with Crippen LogP contribution in [0, 0.1) is 0 Å². The van der Waals surface area contributed by atoms with E-state index in [1.807, 2.05) is 13.8 Å². The molecule has 16 heavy (non-hydrogen) atoms. The average Bonchev–Trinajstić information content (AvgIpc) is 2.21. The van der Waals surface area contributed by atoms with Gasteiger partial charge in [-0.3, -0.25) is 4.79 Å². The first-order chi connectivity index (χ1) is 7.58. The van der Waals surface area contributed by atoms with Gasteiger partial charge in [-0.2, -0.15) is 0 Å². The molecule has 0 bridgehead atoms. The van der Waals surface area contributed by atoms with Crippen LogP contribution in [0.25, 0.3) is 0 Å². The zero-order chi connectivity index (χ0) is 12.0. The Labute approximate surface area is 95.7 Å². The Kier molecular flexibility index (Phi) is 4.79. The van der Waals surface area contributed by atoms with Crippen molar-refractivity contribution in [3.63, 3.8) is 0 Å². The molecule has 1 aromatic rings. The monoisotopic (exact) mass is 222 g/mol. The summed E-state index contributed by atoms with van der Waals surface area (Å²) in [6, 6.07) is 6.82. The summed E-state index contributed by atoms with van der Waals surface area (Å²) in [5.74, 6) is 0.165. The van der Waals surface area contributed by atoms with E-state index in [1.54, 1.807) is 24.3 Å². The van der Waals surface area contributed by atoms with E-state index >= 15 is 0 Å². The molecular weight excluding hydrogens is 204 g/mol. The summed E-state index contributed by atoms with van der Waals surface area (Å²) in [6.07, 6.45) is 0.444.